The Kier molecular flexibility index (Phi) is 2.52. The molecular weight excluding hydrogens is 254 g/mol. The topological polar surface area (TPSA) is 51.8 Å². The Balaban J connectivity index is 1.73. The zero-order valence-corrected chi connectivity index (χ0v) is 11.4. The number of nitrogens with zero attached hydrogens (tertiary/aromatic N) is 2. The summed E-state index contributed by atoms with van der Waals surface area (Å²) in [6, 6.07) is 8.65. The second kappa shape index (κ2) is 4.23. The molecule has 19 heavy (non-hydrogen) atoms. The van der Waals surface area contributed by atoms with Gasteiger partial charge in [-0.05, 0) is 24.3 Å². The molecule has 2 heterocycles. The van der Waals surface area contributed by atoms with E-state index in [1.54, 1.807) is 0 Å². The van der Waals surface area contributed by atoms with Gasteiger partial charge in [0.05, 0.1) is 5.69 Å². The Morgan fingerprint density at radius 2 is 1.84 bits per heavy atom. The van der Waals surface area contributed by atoms with Gasteiger partial charge in [-0.3, -0.25) is 0 Å². The van der Waals surface area contributed by atoms with Crippen LogP contribution in [0.2, 0.25) is 0 Å². The second-order valence-electron chi connectivity index (χ2n) is 5.25. The van der Waals surface area contributed by atoms with Crippen LogP contribution in [0, 0.1) is 0 Å². The minimum Gasteiger partial charge on any atom is -0.383 e. The number of nitrogen functional groups attached to an aromatic ring is 1. The summed E-state index contributed by atoms with van der Waals surface area (Å²) in [5, 5.41) is 0. The highest BCUT2D eigenvalue weighted by molar-refractivity contribution is 7.98. The van der Waals surface area contributed by atoms with Crippen molar-refractivity contribution in [1.29, 1.82) is 0 Å². The second-order valence-corrected chi connectivity index (χ2v) is 6.23. The number of hydrogen-bond acceptors (Lipinski definition) is 4. The highest BCUT2D eigenvalue weighted by Gasteiger charge is 2.23. The molecule has 0 spiro atoms. The van der Waals surface area contributed by atoms with E-state index in [1.165, 1.54) is 18.4 Å². The lowest BCUT2D eigenvalue weighted by atomic mass is 10.1. The Morgan fingerprint density at radius 3 is 2.58 bits per heavy atom. The first-order chi connectivity index (χ1) is 9.31. The first-order valence-corrected chi connectivity index (χ1v) is 7.80. The Hall–Kier alpha value is -1.55. The van der Waals surface area contributed by atoms with Crippen molar-refractivity contribution in [2.24, 2.45) is 0 Å². The number of rotatable bonds is 2. The molecule has 0 radical (unpaired) electrons. The largest absolute Gasteiger partial charge is 0.383 e. The third kappa shape index (κ3) is 2.00. The van der Waals surface area contributed by atoms with Crippen molar-refractivity contribution in [3.63, 3.8) is 0 Å². The van der Waals surface area contributed by atoms with Gasteiger partial charge in [0.1, 0.15) is 5.82 Å². The number of hydrogen-bond donors (Lipinski definition) is 1. The van der Waals surface area contributed by atoms with Crippen molar-refractivity contribution < 1.29 is 0 Å². The molecule has 0 unspecified atom stereocenters. The summed E-state index contributed by atoms with van der Waals surface area (Å²) in [5.74, 6) is 4.10. The number of fused-ring (bicyclic) bond motifs is 1. The van der Waals surface area contributed by atoms with E-state index in [0.717, 1.165) is 40.1 Å². The Morgan fingerprint density at radius 1 is 1.05 bits per heavy atom. The lowest BCUT2D eigenvalue weighted by molar-refractivity contribution is 1.08. The van der Waals surface area contributed by atoms with E-state index in [0.29, 0.717) is 5.82 Å². The van der Waals surface area contributed by atoms with E-state index >= 15 is 0 Å². The molecule has 2 N–H and O–H groups in total. The quantitative estimate of drug-likeness (QED) is 0.908. The van der Waals surface area contributed by atoms with E-state index in [4.69, 9.17) is 5.73 Å². The summed E-state index contributed by atoms with van der Waals surface area (Å²) in [5.41, 5.74) is 10.8. The minimum absolute atomic E-state index is 0.649. The maximum Gasteiger partial charge on any atom is 0.161 e. The zero-order chi connectivity index (χ0) is 12.8. The van der Waals surface area contributed by atoms with Gasteiger partial charge in [-0.25, -0.2) is 9.97 Å². The van der Waals surface area contributed by atoms with Gasteiger partial charge >= 0.3 is 0 Å². The van der Waals surface area contributed by atoms with Gasteiger partial charge < -0.3 is 5.73 Å². The minimum atomic E-state index is 0.649. The molecular formula is C15H15N3S. The fraction of sp³-hybridized carbons (Fsp3) is 0.333. The van der Waals surface area contributed by atoms with Crippen LogP contribution >= 0.6 is 11.8 Å². The number of aromatic nitrogens is 2. The number of anilines is 1. The third-order valence-corrected chi connectivity index (χ3v) is 4.80. The molecule has 1 aromatic carbocycles. The predicted molar refractivity (Wildman–Crippen MR) is 78.9 cm³/mol. The molecule has 0 saturated heterocycles. The van der Waals surface area contributed by atoms with Crippen molar-refractivity contribution >= 4 is 17.6 Å². The smallest absolute Gasteiger partial charge is 0.161 e. The molecule has 0 bridgehead atoms. The lowest BCUT2D eigenvalue weighted by Gasteiger charge is -2.07. The van der Waals surface area contributed by atoms with E-state index < -0.39 is 0 Å². The Bertz CT molecular complexity index is 633. The molecule has 96 valence electrons. The fourth-order valence-electron chi connectivity index (χ4n) is 2.53. The molecule has 1 saturated carbocycles. The van der Waals surface area contributed by atoms with Gasteiger partial charge in [0, 0.05) is 22.6 Å². The maximum absolute atomic E-state index is 6.03. The molecule has 4 heteroatoms. The highest BCUT2D eigenvalue weighted by Crippen LogP contribution is 2.40. The van der Waals surface area contributed by atoms with Crippen molar-refractivity contribution in [2.45, 2.75) is 30.3 Å². The highest BCUT2D eigenvalue weighted by atomic mass is 32.2. The van der Waals surface area contributed by atoms with E-state index in [1.807, 2.05) is 11.8 Å². The van der Waals surface area contributed by atoms with Gasteiger partial charge in [-0.2, -0.15) is 11.8 Å². The summed E-state index contributed by atoms with van der Waals surface area (Å²) in [6.07, 6.45) is 2.66. The zero-order valence-electron chi connectivity index (χ0n) is 10.6. The molecule has 1 aliphatic heterocycles. The average molecular weight is 269 g/mol. The van der Waals surface area contributed by atoms with Crippen LogP contribution in [0.25, 0.3) is 11.4 Å². The van der Waals surface area contributed by atoms with Crippen LogP contribution in [-0.2, 0) is 11.5 Å². The third-order valence-electron chi connectivity index (χ3n) is 3.83. The van der Waals surface area contributed by atoms with Gasteiger partial charge in [0.25, 0.3) is 0 Å². The molecule has 1 aliphatic carbocycles. The van der Waals surface area contributed by atoms with Crippen molar-refractivity contribution in [3.05, 3.63) is 41.1 Å². The molecule has 2 aliphatic rings. The summed E-state index contributed by atoms with van der Waals surface area (Å²) in [6.45, 7) is 0. The Labute approximate surface area is 116 Å². The van der Waals surface area contributed by atoms with Crippen LogP contribution in [-0.4, -0.2) is 9.97 Å². The van der Waals surface area contributed by atoms with E-state index in [-0.39, 0.29) is 0 Å². The van der Waals surface area contributed by atoms with Gasteiger partial charge in [0.2, 0.25) is 0 Å². The standard InChI is InChI=1S/C15H15N3S/c16-14-12-7-19-8-13(12)17-15(18-14)11-5-3-10(4-6-11)9-1-2-9/h3-6,9H,1-2,7-8H2,(H2,16,17,18). The monoisotopic (exact) mass is 269 g/mol. The molecule has 1 fully saturated rings. The van der Waals surface area contributed by atoms with Crippen LogP contribution in [0.4, 0.5) is 5.82 Å². The predicted octanol–water partition coefficient (Wildman–Crippen LogP) is 3.35. The molecule has 0 atom stereocenters. The molecule has 1 aromatic heterocycles. The summed E-state index contributed by atoms with van der Waals surface area (Å²) >= 11 is 1.85. The lowest BCUT2D eigenvalue weighted by Crippen LogP contribution is -2.02. The molecule has 4 rings (SSSR count). The van der Waals surface area contributed by atoms with E-state index in [9.17, 15) is 0 Å². The molecule has 3 nitrogen and oxygen atoms in total. The van der Waals surface area contributed by atoms with Crippen LogP contribution in [0.3, 0.4) is 0 Å². The number of benzene rings is 1. The van der Waals surface area contributed by atoms with Crippen LogP contribution in [0.5, 0.6) is 0 Å². The van der Waals surface area contributed by atoms with Crippen LogP contribution in [0.1, 0.15) is 35.6 Å². The normalized spacial score (nSPS) is 17.5. The van der Waals surface area contributed by atoms with Gasteiger partial charge in [-0.1, -0.05) is 24.3 Å². The SMILES string of the molecule is Nc1nc(-c2ccc(C3CC3)cc2)nc2c1CSC2. The molecule has 2 aromatic rings. The number of nitrogens with two attached hydrogens (primary N) is 1. The maximum atomic E-state index is 6.03. The van der Waals surface area contributed by atoms with Crippen molar-refractivity contribution in [3.8, 4) is 11.4 Å². The van der Waals surface area contributed by atoms with E-state index in [2.05, 4.69) is 34.2 Å². The van der Waals surface area contributed by atoms with Gasteiger partial charge in [-0.15, -0.1) is 0 Å². The summed E-state index contributed by atoms with van der Waals surface area (Å²) < 4.78 is 0. The van der Waals surface area contributed by atoms with Crippen LogP contribution < -0.4 is 5.73 Å². The van der Waals surface area contributed by atoms with Gasteiger partial charge in [0.15, 0.2) is 5.82 Å². The first kappa shape index (κ1) is 11.3. The van der Waals surface area contributed by atoms with Crippen molar-refractivity contribution in [1.82, 2.24) is 9.97 Å². The average Bonchev–Trinajstić information content (AvgIpc) is 3.17. The number of thioether (sulfide) groups is 1. The first-order valence-electron chi connectivity index (χ1n) is 6.64. The summed E-state index contributed by atoms with van der Waals surface area (Å²) in [7, 11) is 0. The van der Waals surface area contributed by atoms with Crippen molar-refractivity contribution in [2.75, 3.05) is 5.73 Å². The fourth-order valence-corrected chi connectivity index (χ4v) is 3.58. The van der Waals surface area contributed by atoms with Crippen LogP contribution in [0.15, 0.2) is 24.3 Å². The molecule has 0 amide bonds. The summed E-state index contributed by atoms with van der Waals surface area (Å²) in [4.78, 5) is 9.12.